The van der Waals surface area contributed by atoms with Crippen LogP contribution in [0.3, 0.4) is 0 Å². The van der Waals surface area contributed by atoms with Crippen molar-refractivity contribution in [3.05, 3.63) is 22.0 Å². The molecule has 12 heavy (non-hydrogen) atoms. The molecule has 0 spiro atoms. The molecule has 1 aromatic rings. The van der Waals surface area contributed by atoms with Crippen LogP contribution in [0.1, 0.15) is 38.1 Å². The van der Waals surface area contributed by atoms with E-state index in [4.69, 9.17) is 4.42 Å². The molecule has 1 rings (SSSR count). The summed E-state index contributed by atoms with van der Waals surface area (Å²) in [5.74, 6) is 0.520. The van der Waals surface area contributed by atoms with Crippen molar-refractivity contribution >= 4 is 0 Å². The Kier molecular flexibility index (Phi) is 3.14. The Bertz CT molecular complexity index is 258. The topological polar surface area (TPSA) is 46.0 Å². The van der Waals surface area contributed by atoms with Crippen LogP contribution >= 0.6 is 0 Å². The van der Waals surface area contributed by atoms with Gasteiger partial charge in [-0.05, 0) is 12.8 Å². The Morgan fingerprint density at radius 3 is 2.50 bits per heavy atom. The van der Waals surface area contributed by atoms with Crippen LogP contribution in [0, 0.1) is 0 Å². The lowest BCUT2D eigenvalue weighted by Crippen LogP contribution is -1.96. The Morgan fingerprint density at radius 1 is 1.25 bits per heavy atom. The molecule has 68 valence electrons. The monoisotopic (exact) mass is 169 g/mol. The van der Waals surface area contributed by atoms with Crippen molar-refractivity contribution in [1.82, 2.24) is 4.98 Å². The highest BCUT2D eigenvalue weighted by atomic mass is 16.4. The molecule has 0 aromatic carbocycles. The van der Waals surface area contributed by atoms with Crippen LogP contribution in [-0.4, -0.2) is 4.98 Å². The van der Waals surface area contributed by atoms with Gasteiger partial charge in [-0.2, -0.15) is 0 Å². The quantitative estimate of drug-likeness (QED) is 0.747. The smallest absolute Gasteiger partial charge is 0.413 e. The zero-order valence-corrected chi connectivity index (χ0v) is 7.64. The zero-order chi connectivity index (χ0) is 8.97. The third kappa shape index (κ3) is 2.00. The number of aromatic amines is 1. The molecule has 0 saturated carbocycles. The van der Waals surface area contributed by atoms with Gasteiger partial charge in [-0.1, -0.05) is 20.3 Å². The first-order valence-electron chi connectivity index (χ1n) is 4.48. The van der Waals surface area contributed by atoms with E-state index in [-0.39, 0.29) is 5.76 Å². The minimum Gasteiger partial charge on any atom is -0.413 e. The van der Waals surface area contributed by atoms with E-state index in [1.807, 2.05) is 0 Å². The van der Waals surface area contributed by atoms with Crippen molar-refractivity contribution in [3.63, 3.8) is 0 Å². The lowest BCUT2D eigenvalue weighted by molar-refractivity contribution is 0.464. The van der Waals surface area contributed by atoms with E-state index < -0.39 is 0 Å². The summed E-state index contributed by atoms with van der Waals surface area (Å²) >= 11 is 0. The minimum atomic E-state index is -0.318. The summed E-state index contributed by atoms with van der Waals surface area (Å²) in [5, 5.41) is 0. The van der Waals surface area contributed by atoms with Crippen LogP contribution in [0.2, 0.25) is 0 Å². The molecule has 1 N–H and O–H groups in total. The van der Waals surface area contributed by atoms with Crippen LogP contribution in [0.25, 0.3) is 0 Å². The molecule has 0 unspecified atom stereocenters. The molecule has 0 amide bonds. The molecule has 3 heteroatoms. The lowest BCUT2D eigenvalue weighted by atomic mass is 10.1. The van der Waals surface area contributed by atoms with Crippen molar-refractivity contribution in [2.45, 2.75) is 39.5 Å². The van der Waals surface area contributed by atoms with E-state index in [0.29, 0.717) is 0 Å². The Labute approximate surface area is 71.8 Å². The van der Waals surface area contributed by atoms with E-state index in [9.17, 15) is 4.79 Å². The maximum atomic E-state index is 10.8. The summed E-state index contributed by atoms with van der Waals surface area (Å²) in [6, 6.07) is 0. The van der Waals surface area contributed by atoms with E-state index in [1.54, 1.807) is 0 Å². The number of hydrogen-bond donors (Lipinski definition) is 1. The fourth-order valence-corrected chi connectivity index (χ4v) is 1.27. The number of rotatable bonds is 4. The number of aromatic nitrogens is 1. The first-order chi connectivity index (χ1) is 5.77. The maximum absolute atomic E-state index is 10.8. The molecular formula is C9H15NO2. The summed E-state index contributed by atoms with van der Waals surface area (Å²) in [5.41, 5.74) is 0.976. The van der Waals surface area contributed by atoms with Crippen molar-refractivity contribution < 1.29 is 4.42 Å². The van der Waals surface area contributed by atoms with Crippen molar-refractivity contribution in [2.24, 2.45) is 0 Å². The number of oxazole rings is 1. The predicted molar refractivity (Wildman–Crippen MR) is 47.3 cm³/mol. The average molecular weight is 169 g/mol. The van der Waals surface area contributed by atoms with Gasteiger partial charge in [0.1, 0.15) is 5.76 Å². The highest BCUT2D eigenvalue weighted by molar-refractivity contribution is 5.07. The van der Waals surface area contributed by atoms with Gasteiger partial charge in [0.25, 0.3) is 0 Å². The fourth-order valence-electron chi connectivity index (χ4n) is 1.27. The number of nitrogens with one attached hydrogen (secondary N) is 1. The second-order valence-electron chi connectivity index (χ2n) is 2.92. The largest absolute Gasteiger partial charge is 0.416 e. The summed E-state index contributed by atoms with van der Waals surface area (Å²) in [4.78, 5) is 13.5. The van der Waals surface area contributed by atoms with Crippen LogP contribution in [0.5, 0.6) is 0 Å². The van der Waals surface area contributed by atoms with Gasteiger partial charge in [0.15, 0.2) is 0 Å². The second kappa shape index (κ2) is 4.14. The Morgan fingerprint density at radius 2 is 1.92 bits per heavy atom. The zero-order valence-electron chi connectivity index (χ0n) is 7.64. The highest BCUT2D eigenvalue weighted by Gasteiger charge is 2.06. The van der Waals surface area contributed by atoms with Crippen LogP contribution in [-0.2, 0) is 12.8 Å². The molecule has 1 heterocycles. The molecule has 3 nitrogen and oxygen atoms in total. The van der Waals surface area contributed by atoms with Crippen LogP contribution in [0.15, 0.2) is 9.21 Å². The molecule has 0 saturated heterocycles. The predicted octanol–water partition coefficient (Wildman–Crippen LogP) is 1.87. The van der Waals surface area contributed by atoms with Crippen molar-refractivity contribution in [3.8, 4) is 0 Å². The molecule has 0 aliphatic rings. The Balaban J connectivity index is 2.84. The molecular weight excluding hydrogens is 154 g/mol. The average Bonchev–Trinajstić information content (AvgIpc) is 2.33. The second-order valence-corrected chi connectivity index (χ2v) is 2.92. The van der Waals surface area contributed by atoms with Gasteiger partial charge in [-0.3, -0.25) is 4.98 Å². The van der Waals surface area contributed by atoms with Gasteiger partial charge >= 0.3 is 5.76 Å². The molecule has 0 aliphatic heterocycles. The van der Waals surface area contributed by atoms with Gasteiger partial charge in [-0.25, -0.2) is 4.79 Å². The first-order valence-corrected chi connectivity index (χ1v) is 4.48. The Hall–Kier alpha value is -0.990. The normalized spacial score (nSPS) is 10.5. The van der Waals surface area contributed by atoms with Gasteiger partial charge in [0.05, 0.1) is 5.69 Å². The van der Waals surface area contributed by atoms with Crippen molar-refractivity contribution in [2.75, 3.05) is 0 Å². The van der Waals surface area contributed by atoms with E-state index in [1.165, 1.54) is 0 Å². The minimum absolute atomic E-state index is 0.318. The summed E-state index contributed by atoms with van der Waals surface area (Å²) in [6.07, 6.45) is 3.80. The fraction of sp³-hybridized carbons (Fsp3) is 0.667. The highest BCUT2D eigenvalue weighted by Crippen LogP contribution is 2.08. The van der Waals surface area contributed by atoms with Crippen LogP contribution in [0.4, 0.5) is 0 Å². The summed E-state index contributed by atoms with van der Waals surface area (Å²) in [6.45, 7) is 4.16. The standard InChI is InChI=1S/C9H15NO2/c1-3-5-7-8(6-4-2)12-9(11)10-7/h3-6H2,1-2H3,(H,10,11). The lowest BCUT2D eigenvalue weighted by Gasteiger charge is -1.95. The first kappa shape index (κ1) is 9.10. The molecule has 0 bridgehead atoms. The molecule has 0 radical (unpaired) electrons. The van der Waals surface area contributed by atoms with Gasteiger partial charge in [0.2, 0.25) is 0 Å². The summed E-state index contributed by atoms with van der Waals surface area (Å²) < 4.78 is 5.00. The number of aryl methyl sites for hydroxylation is 2. The van der Waals surface area contributed by atoms with Gasteiger partial charge in [0, 0.05) is 6.42 Å². The third-order valence-corrected chi connectivity index (χ3v) is 1.78. The number of hydrogen-bond acceptors (Lipinski definition) is 2. The van der Waals surface area contributed by atoms with Gasteiger partial charge < -0.3 is 4.42 Å². The SMILES string of the molecule is CCCc1[nH]c(=O)oc1CCC. The van der Waals surface area contributed by atoms with Crippen LogP contribution < -0.4 is 5.76 Å². The molecule has 0 fully saturated rings. The summed E-state index contributed by atoms with van der Waals surface area (Å²) in [7, 11) is 0. The maximum Gasteiger partial charge on any atom is 0.416 e. The third-order valence-electron chi connectivity index (χ3n) is 1.78. The van der Waals surface area contributed by atoms with Gasteiger partial charge in [-0.15, -0.1) is 0 Å². The molecule has 0 aliphatic carbocycles. The van der Waals surface area contributed by atoms with E-state index in [0.717, 1.165) is 37.1 Å². The van der Waals surface area contributed by atoms with E-state index in [2.05, 4.69) is 18.8 Å². The molecule has 1 aromatic heterocycles. The van der Waals surface area contributed by atoms with E-state index >= 15 is 0 Å². The molecule has 0 atom stereocenters. The number of H-pyrrole nitrogens is 1. The van der Waals surface area contributed by atoms with Crippen molar-refractivity contribution in [1.29, 1.82) is 0 Å².